The van der Waals surface area contributed by atoms with E-state index in [0.717, 1.165) is 31.0 Å². The third-order valence-electron chi connectivity index (χ3n) is 2.81. The highest BCUT2D eigenvalue weighted by Crippen LogP contribution is 2.18. The van der Waals surface area contributed by atoms with Crippen LogP contribution >= 0.6 is 0 Å². The molecule has 0 saturated carbocycles. The summed E-state index contributed by atoms with van der Waals surface area (Å²) < 4.78 is 5.34. The number of nitrogens with zero attached hydrogens (tertiary/aromatic N) is 2. The Hall–Kier alpha value is -1.13. The van der Waals surface area contributed by atoms with Crippen LogP contribution in [0.2, 0.25) is 0 Å². The Bertz CT molecular complexity index is 324. The monoisotopic (exact) mass is 208 g/mol. The molecule has 0 amide bonds. The molecule has 1 aromatic rings. The zero-order valence-corrected chi connectivity index (χ0v) is 8.89. The lowest BCUT2D eigenvalue weighted by atomic mass is 10.2. The van der Waals surface area contributed by atoms with Gasteiger partial charge in [0.25, 0.3) is 0 Å². The highest BCUT2D eigenvalue weighted by Gasteiger charge is 2.21. The SMILES string of the molecule is CN(c1cc(CO)ccn1)C1CCOC1. The zero-order chi connectivity index (χ0) is 10.7. The second kappa shape index (κ2) is 4.59. The van der Waals surface area contributed by atoms with Crippen molar-refractivity contribution in [3.05, 3.63) is 23.9 Å². The first-order chi connectivity index (χ1) is 7.31. The Labute approximate surface area is 89.5 Å². The van der Waals surface area contributed by atoms with Crippen LogP contribution in [0.15, 0.2) is 18.3 Å². The van der Waals surface area contributed by atoms with Crippen LogP contribution in [0.3, 0.4) is 0 Å². The fourth-order valence-corrected chi connectivity index (χ4v) is 1.77. The van der Waals surface area contributed by atoms with Gasteiger partial charge < -0.3 is 14.7 Å². The number of anilines is 1. The Kier molecular flexibility index (Phi) is 3.18. The summed E-state index contributed by atoms with van der Waals surface area (Å²) in [6.45, 7) is 1.65. The summed E-state index contributed by atoms with van der Waals surface area (Å²) in [4.78, 5) is 6.41. The number of hydrogen-bond donors (Lipinski definition) is 1. The minimum Gasteiger partial charge on any atom is -0.392 e. The van der Waals surface area contributed by atoms with Gasteiger partial charge in [-0.05, 0) is 24.1 Å². The molecule has 0 bridgehead atoms. The van der Waals surface area contributed by atoms with Crippen molar-refractivity contribution in [2.75, 3.05) is 25.2 Å². The van der Waals surface area contributed by atoms with Crippen molar-refractivity contribution in [1.29, 1.82) is 0 Å². The van der Waals surface area contributed by atoms with E-state index in [1.165, 1.54) is 0 Å². The van der Waals surface area contributed by atoms with Crippen molar-refractivity contribution in [1.82, 2.24) is 4.98 Å². The molecule has 15 heavy (non-hydrogen) atoms. The molecule has 0 aliphatic carbocycles. The van der Waals surface area contributed by atoms with Crippen molar-refractivity contribution in [2.45, 2.75) is 19.1 Å². The minimum absolute atomic E-state index is 0.0600. The van der Waals surface area contributed by atoms with Crippen LogP contribution in [-0.2, 0) is 11.3 Å². The number of aromatic nitrogens is 1. The summed E-state index contributed by atoms with van der Waals surface area (Å²) in [6, 6.07) is 4.15. The lowest BCUT2D eigenvalue weighted by molar-refractivity contribution is 0.193. The normalized spacial score (nSPS) is 20.5. The van der Waals surface area contributed by atoms with E-state index in [1.807, 2.05) is 19.2 Å². The summed E-state index contributed by atoms with van der Waals surface area (Å²) in [6.07, 6.45) is 2.77. The second-order valence-corrected chi connectivity index (χ2v) is 3.81. The van der Waals surface area contributed by atoms with Crippen LogP contribution in [-0.4, -0.2) is 36.4 Å². The molecule has 0 radical (unpaired) electrons. The zero-order valence-electron chi connectivity index (χ0n) is 8.89. The van der Waals surface area contributed by atoms with Gasteiger partial charge in [-0.15, -0.1) is 0 Å². The number of aliphatic hydroxyl groups excluding tert-OH is 1. The minimum atomic E-state index is 0.0600. The summed E-state index contributed by atoms with van der Waals surface area (Å²) in [7, 11) is 2.02. The number of ether oxygens (including phenoxy) is 1. The maximum absolute atomic E-state index is 9.04. The van der Waals surface area contributed by atoms with E-state index < -0.39 is 0 Å². The van der Waals surface area contributed by atoms with Crippen LogP contribution in [0.1, 0.15) is 12.0 Å². The fraction of sp³-hybridized carbons (Fsp3) is 0.545. The van der Waals surface area contributed by atoms with E-state index in [0.29, 0.717) is 6.04 Å². The first-order valence-corrected chi connectivity index (χ1v) is 5.17. The molecule has 1 aliphatic heterocycles. The lowest BCUT2D eigenvalue weighted by Gasteiger charge is -2.24. The van der Waals surface area contributed by atoms with Crippen LogP contribution in [0, 0.1) is 0 Å². The Morgan fingerprint density at radius 3 is 3.20 bits per heavy atom. The molecule has 1 saturated heterocycles. The summed E-state index contributed by atoms with van der Waals surface area (Å²) in [5, 5.41) is 9.04. The molecule has 1 unspecified atom stereocenters. The van der Waals surface area contributed by atoms with Gasteiger partial charge in [0.1, 0.15) is 5.82 Å². The Morgan fingerprint density at radius 1 is 1.67 bits per heavy atom. The van der Waals surface area contributed by atoms with Crippen molar-refractivity contribution in [2.24, 2.45) is 0 Å². The topological polar surface area (TPSA) is 45.6 Å². The summed E-state index contributed by atoms with van der Waals surface area (Å²) in [5.41, 5.74) is 0.894. The van der Waals surface area contributed by atoms with Gasteiger partial charge in [0.05, 0.1) is 19.3 Å². The molecule has 1 atom stereocenters. The van der Waals surface area contributed by atoms with Crippen LogP contribution in [0.5, 0.6) is 0 Å². The molecule has 4 nitrogen and oxygen atoms in total. The molecular weight excluding hydrogens is 192 g/mol. The van der Waals surface area contributed by atoms with E-state index in [1.54, 1.807) is 6.20 Å². The molecule has 2 rings (SSSR count). The third-order valence-corrected chi connectivity index (χ3v) is 2.81. The molecular formula is C11H16N2O2. The van der Waals surface area contributed by atoms with E-state index in [2.05, 4.69) is 9.88 Å². The fourth-order valence-electron chi connectivity index (χ4n) is 1.77. The van der Waals surface area contributed by atoms with Gasteiger partial charge in [0.2, 0.25) is 0 Å². The molecule has 1 aromatic heterocycles. The molecule has 1 N–H and O–H groups in total. The van der Waals surface area contributed by atoms with Crippen LogP contribution < -0.4 is 4.90 Å². The molecule has 2 heterocycles. The van der Waals surface area contributed by atoms with Gasteiger partial charge in [0.15, 0.2) is 0 Å². The molecule has 0 spiro atoms. The number of rotatable bonds is 3. The number of likely N-dealkylation sites (N-methyl/N-ethyl adjacent to an activating group) is 1. The molecule has 1 aliphatic rings. The van der Waals surface area contributed by atoms with Crippen molar-refractivity contribution in [3.63, 3.8) is 0 Å². The first kappa shape index (κ1) is 10.4. The van der Waals surface area contributed by atoms with E-state index in [-0.39, 0.29) is 6.61 Å². The average molecular weight is 208 g/mol. The summed E-state index contributed by atoms with van der Waals surface area (Å²) >= 11 is 0. The van der Waals surface area contributed by atoms with Gasteiger partial charge in [0, 0.05) is 19.9 Å². The predicted molar refractivity (Wildman–Crippen MR) is 57.8 cm³/mol. The second-order valence-electron chi connectivity index (χ2n) is 3.81. The van der Waals surface area contributed by atoms with Crippen molar-refractivity contribution in [3.8, 4) is 0 Å². The molecule has 82 valence electrons. The maximum atomic E-state index is 9.04. The Balaban J connectivity index is 2.13. The van der Waals surface area contributed by atoms with Gasteiger partial charge >= 0.3 is 0 Å². The Morgan fingerprint density at radius 2 is 2.53 bits per heavy atom. The average Bonchev–Trinajstić information content (AvgIpc) is 2.81. The maximum Gasteiger partial charge on any atom is 0.128 e. The van der Waals surface area contributed by atoms with E-state index in [4.69, 9.17) is 9.84 Å². The highest BCUT2D eigenvalue weighted by atomic mass is 16.5. The number of pyridine rings is 1. The van der Waals surface area contributed by atoms with E-state index in [9.17, 15) is 0 Å². The standard InChI is InChI=1S/C11H16N2O2/c1-13(10-3-5-15-8-10)11-6-9(7-14)2-4-12-11/h2,4,6,10,14H,3,5,7-8H2,1H3. The predicted octanol–water partition coefficient (Wildman–Crippen LogP) is 0.799. The van der Waals surface area contributed by atoms with Gasteiger partial charge in [-0.1, -0.05) is 0 Å². The smallest absolute Gasteiger partial charge is 0.128 e. The molecule has 0 aromatic carbocycles. The first-order valence-electron chi connectivity index (χ1n) is 5.17. The summed E-state index contributed by atoms with van der Waals surface area (Å²) in [5.74, 6) is 0.900. The van der Waals surface area contributed by atoms with Gasteiger partial charge in [-0.2, -0.15) is 0 Å². The van der Waals surface area contributed by atoms with Crippen molar-refractivity contribution >= 4 is 5.82 Å². The highest BCUT2D eigenvalue weighted by molar-refractivity contribution is 5.41. The van der Waals surface area contributed by atoms with Gasteiger partial charge in [-0.25, -0.2) is 4.98 Å². The lowest BCUT2D eigenvalue weighted by Crippen LogP contribution is -2.32. The van der Waals surface area contributed by atoms with Crippen molar-refractivity contribution < 1.29 is 9.84 Å². The van der Waals surface area contributed by atoms with Crippen LogP contribution in [0.25, 0.3) is 0 Å². The van der Waals surface area contributed by atoms with Crippen LogP contribution in [0.4, 0.5) is 5.82 Å². The van der Waals surface area contributed by atoms with E-state index >= 15 is 0 Å². The quantitative estimate of drug-likeness (QED) is 0.798. The largest absolute Gasteiger partial charge is 0.392 e. The molecule has 4 heteroatoms. The third kappa shape index (κ3) is 2.27. The van der Waals surface area contributed by atoms with Gasteiger partial charge in [-0.3, -0.25) is 0 Å². The number of aliphatic hydroxyl groups is 1. The number of hydrogen-bond acceptors (Lipinski definition) is 4. The molecule has 1 fully saturated rings.